The lowest BCUT2D eigenvalue weighted by Crippen LogP contribution is -2.47. The van der Waals surface area contributed by atoms with Crippen molar-refractivity contribution in [2.45, 2.75) is 38.8 Å². The number of nitrogens with zero attached hydrogens (tertiary/aromatic N) is 1. The highest BCUT2D eigenvalue weighted by molar-refractivity contribution is 5.87. The lowest BCUT2D eigenvalue weighted by Gasteiger charge is -2.27. The Morgan fingerprint density at radius 2 is 2.19 bits per heavy atom. The molecule has 2 amide bonds. The zero-order chi connectivity index (χ0) is 11.9. The van der Waals surface area contributed by atoms with Gasteiger partial charge >= 0.3 is 6.09 Å². The summed E-state index contributed by atoms with van der Waals surface area (Å²) in [6.07, 6.45) is 0.391. The molecule has 1 N–H and O–H groups in total. The Morgan fingerprint density at radius 1 is 1.50 bits per heavy atom. The predicted molar refractivity (Wildman–Crippen MR) is 57.8 cm³/mol. The van der Waals surface area contributed by atoms with E-state index < -0.39 is 5.60 Å². The number of fused-ring (bicyclic) bond motifs is 2. The summed E-state index contributed by atoms with van der Waals surface area (Å²) in [7, 11) is 0. The van der Waals surface area contributed by atoms with Gasteiger partial charge in [-0.3, -0.25) is 9.69 Å². The van der Waals surface area contributed by atoms with Crippen LogP contribution in [-0.4, -0.2) is 41.6 Å². The number of amides is 2. The van der Waals surface area contributed by atoms with Gasteiger partial charge in [-0.15, -0.1) is 0 Å². The monoisotopic (exact) mass is 226 g/mol. The van der Waals surface area contributed by atoms with Crippen LogP contribution < -0.4 is 5.32 Å². The van der Waals surface area contributed by atoms with Gasteiger partial charge in [0, 0.05) is 13.1 Å². The van der Waals surface area contributed by atoms with Crippen LogP contribution in [0.3, 0.4) is 0 Å². The van der Waals surface area contributed by atoms with E-state index in [1.807, 2.05) is 20.8 Å². The second-order valence-electron chi connectivity index (χ2n) is 5.50. The fraction of sp³-hybridized carbons (Fsp3) is 0.818. The SMILES string of the molecule is CC(C)(C)OC(=O)N1C[C@H]2CNC(=O)[C@H]1C2. The van der Waals surface area contributed by atoms with E-state index in [9.17, 15) is 9.59 Å². The molecule has 16 heavy (non-hydrogen) atoms. The van der Waals surface area contributed by atoms with Gasteiger partial charge in [0.15, 0.2) is 0 Å². The Morgan fingerprint density at radius 3 is 2.81 bits per heavy atom. The first-order valence-corrected chi connectivity index (χ1v) is 5.64. The smallest absolute Gasteiger partial charge is 0.410 e. The standard InChI is InChI=1S/C11H18N2O3/c1-11(2,3)16-10(15)13-6-7-4-8(13)9(14)12-5-7/h7-8H,4-6H2,1-3H3,(H,12,14)/t7-,8-/m1/s1. The van der Waals surface area contributed by atoms with Gasteiger partial charge in [0.05, 0.1) is 0 Å². The van der Waals surface area contributed by atoms with Crippen molar-refractivity contribution in [3.05, 3.63) is 0 Å². The summed E-state index contributed by atoms with van der Waals surface area (Å²) in [5.74, 6) is 0.329. The number of piperidine rings is 1. The summed E-state index contributed by atoms with van der Waals surface area (Å²) >= 11 is 0. The minimum atomic E-state index is -0.510. The van der Waals surface area contributed by atoms with Crippen molar-refractivity contribution in [3.63, 3.8) is 0 Å². The van der Waals surface area contributed by atoms with Crippen molar-refractivity contribution >= 4 is 12.0 Å². The first kappa shape index (κ1) is 11.2. The molecule has 2 atom stereocenters. The fourth-order valence-electron chi connectivity index (χ4n) is 2.20. The minimum absolute atomic E-state index is 0.0559. The van der Waals surface area contributed by atoms with Crippen LogP contribution in [0.15, 0.2) is 0 Å². The molecular weight excluding hydrogens is 208 g/mol. The lowest BCUT2D eigenvalue weighted by molar-refractivity contribution is -0.126. The van der Waals surface area contributed by atoms with Gasteiger partial charge < -0.3 is 10.1 Å². The van der Waals surface area contributed by atoms with Gasteiger partial charge in [0.25, 0.3) is 0 Å². The number of carbonyl (C=O) groups excluding carboxylic acids is 2. The van der Waals surface area contributed by atoms with Gasteiger partial charge in [0.2, 0.25) is 5.91 Å². The number of nitrogens with one attached hydrogen (secondary N) is 1. The van der Waals surface area contributed by atoms with Crippen LogP contribution in [0.2, 0.25) is 0 Å². The largest absolute Gasteiger partial charge is 0.444 e. The van der Waals surface area contributed by atoms with Gasteiger partial charge in [0.1, 0.15) is 11.6 Å². The number of likely N-dealkylation sites (tertiary alicyclic amines) is 1. The summed E-state index contributed by atoms with van der Waals surface area (Å²) < 4.78 is 5.29. The molecule has 5 heteroatoms. The zero-order valence-corrected chi connectivity index (χ0v) is 9.95. The maximum Gasteiger partial charge on any atom is 0.410 e. The van der Waals surface area contributed by atoms with E-state index in [2.05, 4.69) is 5.32 Å². The molecule has 0 saturated carbocycles. The summed E-state index contributed by atoms with van der Waals surface area (Å²) in [4.78, 5) is 25.0. The Hall–Kier alpha value is -1.26. The molecule has 5 nitrogen and oxygen atoms in total. The second kappa shape index (κ2) is 3.64. The molecule has 0 aliphatic carbocycles. The molecule has 2 fully saturated rings. The maximum atomic E-state index is 11.9. The van der Waals surface area contributed by atoms with Crippen LogP contribution in [0.1, 0.15) is 27.2 Å². The van der Waals surface area contributed by atoms with E-state index in [0.29, 0.717) is 19.0 Å². The molecule has 2 heterocycles. The Bertz CT molecular complexity index is 322. The van der Waals surface area contributed by atoms with E-state index in [4.69, 9.17) is 4.74 Å². The third-order valence-electron chi connectivity index (χ3n) is 2.88. The number of ether oxygens (including phenoxy) is 1. The number of carbonyl (C=O) groups is 2. The van der Waals surface area contributed by atoms with Crippen LogP contribution in [0.5, 0.6) is 0 Å². The first-order valence-electron chi connectivity index (χ1n) is 5.64. The fourth-order valence-corrected chi connectivity index (χ4v) is 2.20. The molecule has 0 spiro atoms. The maximum absolute atomic E-state index is 11.9. The van der Waals surface area contributed by atoms with Crippen molar-refractivity contribution in [2.24, 2.45) is 5.92 Å². The summed E-state index contributed by atoms with van der Waals surface area (Å²) in [5, 5.41) is 2.80. The van der Waals surface area contributed by atoms with E-state index in [0.717, 1.165) is 6.42 Å². The molecule has 2 aliphatic heterocycles. The summed E-state index contributed by atoms with van der Waals surface area (Å²) in [6.45, 7) is 6.78. The van der Waals surface area contributed by atoms with Crippen molar-refractivity contribution in [2.75, 3.05) is 13.1 Å². The number of hydrogen-bond donors (Lipinski definition) is 1. The quantitative estimate of drug-likeness (QED) is 0.663. The first-order chi connectivity index (χ1) is 7.37. The molecule has 2 rings (SSSR count). The molecular formula is C11H18N2O3. The van der Waals surface area contributed by atoms with Crippen LogP contribution >= 0.6 is 0 Å². The van der Waals surface area contributed by atoms with Crippen LogP contribution in [0.4, 0.5) is 4.79 Å². The van der Waals surface area contributed by atoms with Crippen molar-refractivity contribution < 1.29 is 14.3 Å². The highest BCUT2D eigenvalue weighted by atomic mass is 16.6. The Kier molecular flexibility index (Phi) is 2.56. The van der Waals surface area contributed by atoms with E-state index in [1.165, 1.54) is 0 Å². The van der Waals surface area contributed by atoms with Crippen molar-refractivity contribution in [1.82, 2.24) is 10.2 Å². The lowest BCUT2D eigenvalue weighted by atomic mass is 10.0. The Labute approximate surface area is 95.1 Å². The molecule has 0 aromatic heterocycles. The average molecular weight is 226 g/mol. The molecule has 90 valence electrons. The van der Waals surface area contributed by atoms with Crippen molar-refractivity contribution in [3.8, 4) is 0 Å². The number of rotatable bonds is 0. The van der Waals surface area contributed by atoms with E-state index in [-0.39, 0.29) is 18.0 Å². The minimum Gasteiger partial charge on any atom is -0.444 e. The highest BCUT2D eigenvalue weighted by Gasteiger charge is 2.44. The van der Waals surface area contributed by atoms with Crippen LogP contribution in [0.25, 0.3) is 0 Å². The summed E-state index contributed by atoms with van der Waals surface area (Å²) in [6, 6.07) is -0.325. The normalized spacial score (nSPS) is 28.9. The van der Waals surface area contributed by atoms with Crippen LogP contribution in [0, 0.1) is 5.92 Å². The average Bonchev–Trinajstić information content (AvgIpc) is 2.49. The number of hydrogen-bond acceptors (Lipinski definition) is 3. The molecule has 0 aromatic carbocycles. The molecule has 0 unspecified atom stereocenters. The van der Waals surface area contributed by atoms with E-state index in [1.54, 1.807) is 4.90 Å². The van der Waals surface area contributed by atoms with Gasteiger partial charge in [-0.25, -0.2) is 4.79 Å². The molecule has 0 radical (unpaired) electrons. The van der Waals surface area contributed by atoms with Gasteiger partial charge in [-0.1, -0.05) is 0 Å². The highest BCUT2D eigenvalue weighted by Crippen LogP contribution is 2.27. The predicted octanol–water partition coefficient (Wildman–Crippen LogP) is 0.742. The van der Waals surface area contributed by atoms with Gasteiger partial charge in [-0.2, -0.15) is 0 Å². The topological polar surface area (TPSA) is 58.6 Å². The molecule has 2 bridgehead atoms. The molecule has 0 aromatic rings. The Balaban J connectivity index is 2.05. The third kappa shape index (κ3) is 2.13. The summed E-state index contributed by atoms with van der Waals surface area (Å²) in [5.41, 5.74) is -0.510. The molecule has 2 saturated heterocycles. The van der Waals surface area contributed by atoms with Crippen LogP contribution in [-0.2, 0) is 9.53 Å². The van der Waals surface area contributed by atoms with Gasteiger partial charge in [-0.05, 0) is 33.1 Å². The second-order valence-corrected chi connectivity index (χ2v) is 5.50. The zero-order valence-electron chi connectivity index (χ0n) is 9.95. The molecule has 2 aliphatic rings. The third-order valence-corrected chi connectivity index (χ3v) is 2.88. The van der Waals surface area contributed by atoms with Crippen molar-refractivity contribution in [1.29, 1.82) is 0 Å². The van der Waals surface area contributed by atoms with E-state index >= 15 is 0 Å².